The highest BCUT2D eigenvalue weighted by atomic mass is 16.5. The molecule has 1 amide bonds. The summed E-state index contributed by atoms with van der Waals surface area (Å²) in [5.74, 6) is 0.907. The second-order valence-electron chi connectivity index (χ2n) is 6.47. The highest BCUT2D eigenvalue weighted by molar-refractivity contribution is 5.79. The first-order valence-electron chi connectivity index (χ1n) is 8.54. The van der Waals surface area contributed by atoms with Gasteiger partial charge in [-0.05, 0) is 18.9 Å². The Kier molecular flexibility index (Phi) is 4.15. The number of aryl methyl sites for hydroxylation is 1. The Morgan fingerprint density at radius 2 is 2.17 bits per heavy atom. The topological polar surface area (TPSA) is 84.0 Å². The summed E-state index contributed by atoms with van der Waals surface area (Å²) in [6.45, 7) is 1.49. The van der Waals surface area contributed by atoms with E-state index in [-0.39, 0.29) is 17.9 Å². The molecule has 0 unspecified atom stereocenters. The van der Waals surface area contributed by atoms with Crippen molar-refractivity contribution < 1.29 is 9.53 Å². The number of piperidine rings is 1. The zero-order valence-electron chi connectivity index (χ0n) is 13.5. The molecule has 1 saturated heterocycles. The van der Waals surface area contributed by atoms with E-state index in [4.69, 9.17) is 4.74 Å². The number of carbonyl (C=O) groups is 1. The summed E-state index contributed by atoms with van der Waals surface area (Å²) in [7, 11) is 0. The first-order valence-corrected chi connectivity index (χ1v) is 8.54. The molecule has 24 heavy (non-hydrogen) atoms. The zero-order valence-corrected chi connectivity index (χ0v) is 13.5. The van der Waals surface area contributed by atoms with Gasteiger partial charge in [-0.15, -0.1) is 5.10 Å². The van der Waals surface area contributed by atoms with Crippen LogP contribution in [0.1, 0.15) is 30.7 Å². The van der Waals surface area contributed by atoms with Crippen LogP contribution < -0.4 is 4.74 Å². The van der Waals surface area contributed by atoms with Crippen LogP contribution in [0.3, 0.4) is 0 Å². The van der Waals surface area contributed by atoms with Crippen molar-refractivity contribution in [3.63, 3.8) is 0 Å². The molecular formula is C17H21N5O2. The van der Waals surface area contributed by atoms with Crippen molar-refractivity contribution in [1.82, 2.24) is 25.1 Å². The third-order valence-electron chi connectivity index (χ3n) is 4.93. The van der Waals surface area contributed by atoms with Gasteiger partial charge in [-0.2, -0.15) is 5.10 Å². The molecule has 2 aliphatic rings. The predicted molar refractivity (Wildman–Crippen MR) is 86.4 cm³/mol. The Hall–Kier alpha value is -2.44. The number of ether oxygens (including phenoxy) is 1. The maximum atomic E-state index is 12.8. The van der Waals surface area contributed by atoms with Crippen molar-refractivity contribution in [3.8, 4) is 5.88 Å². The molecule has 1 N–H and O–H groups in total. The lowest BCUT2D eigenvalue weighted by Crippen LogP contribution is -2.45. The molecule has 4 rings (SSSR count). The number of rotatable bonds is 3. The SMILES string of the molecule is O=C([C@H]1CCc2nc[nH]c2C1)N1CCC(Oc2cccnn2)CC1. The van der Waals surface area contributed by atoms with Gasteiger partial charge in [0.1, 0.15) is 6.10 Å². The van der Waals surface area contributed by atoms with Gasteiger partial charge < -0.3 is 14.6 Å². The number of H-pyrrole nitrogens is 1. The maximum absolute atomic E-state index is 12.8. The number of nitrogens with zero attached hydrogens (tertiary/aromatic N) is 4. The Labute approximate surface area is 140 Å². The number of carbonyl (C=O) groups excluding carboxylic acids is 1. The average Bonchev–Trinajstić information content (AvgIpc) is 3.10. The standard InChI is InChI=1S/C17H21N5O2/c23-17(12-3-4-14-15(10-12)19-11-18-14)22-8-5-13(6-9-22)24-16-2-1-7-20-21-16/h1-2,7,11-13H,3-6,8-10H2,(H,18,19)/t12-/m0/s1. The van der Waals surface area contributed by atoms with Gasteiger partial charge in [0.25, 0.3) is 0 Å². The molecule has 0 spiro atoms. The summed E-state index contributed by atoms with van der Waals surface area (Å²) in [6, 6.07) is 3.63. The number of aromatic amines is 1. The van der Waals surface area contributed by atoms with Gasteiger partial charge >= 0.3 is 0 Å². The lowest BCUT2D eigenvalue weighted by Gasteiger charge is -2.34. The van der Waals surface area contributed by atoms with Gasteiger partial charge in [0.2, 0.25) is 11.8 Å². The van der Waals surface area contributed by atoms with Crippen molar-refractivity contribution in [2.24, 2.45) is 5.92 Å². The van der Waals surface area contributed by atoms with Crippen LogP contribution in [0, 0.1) is 5.92 Å². The van der Waals surface area contributed by atoms with Crippen molar-refractivity contribution in [2.45, 2.75) is 38.2 Å². The second-order valence-corrected chi connectivity index (χ2v) is 6.47. The van der Waals surface area contributed by atoms with Crippen LogP contribution >= 0.6 is 0 Å². The number of fused-ring (bicyclic) bond motifs is 1. The van der Waals surface area contributed by atoms with Crippen molar-refractivity contribution >= 4 is 5.91 Å². The second kappa shape index (κ2) is 6.59. The van der Waals surface area contributed by atoms with E-state index in [1.165, 1.54) is 0 Å². The largest absolute Gasteiger partial charge is 0.473 e. The van der Waals surface area contributed by atoms with Crippen LogP contribution in [0.25, 0.3) is 0 Å². The molecule has 7 heteroatoms. The Morgan fingerprint density at radius 3 is 2.96 bits per heavy atom. The van der Waals surface area contributed by atoms with Crippen LogP contribution in [-0.2, 0) is 17.6 Å². The van der Waals surface area contributed by atoms with Crippen molar-refractivity contribution in [2.75, 3.05) is 13.1 Å². The summed E-state index contributed by atoms with van der Waals surface area (Å²) in [5.41, 5.74) is 2.25. The number of aromatic nitrogens is 4. The van der Waals surface area contributed by atoms with Gasteiger partial charge in [-0.3, -0.25) is 4.79 Å². The molecule has 0 radical (unpaired) electrons. The molecule has 1 aliphatic heterocycles. The normalized spacial score (nSPS) is 21.3. The monoisotopic (exact) mass is 327 g/mol. The summed E-state index contributed by atoms with van der Waals surface area (Å²) < 4.78 is 5.84. The van der Waals surface area contributed by atoms with E-state index in [9.17, 15) is 4.79 Å². The Balaban J connectivity index is 1.30. The third-order valence-corrected chi connectivity index (χ3v) is 4.93. The van der Waals surface area contributed by atoms with E-state index in [0.29, 0.717) is 5.88 Å². The smallest absolute Gasteiger partial charge is 0.233 e. The molecule has 2 aromatic rings. The summed E-state index contributed by atoms with van der Waals surface area (Å²) >= 11 is 0. The molecule has 0 aromatic carbocycles. The van der Waals surface area contributed by atoms with E-state index in [1.807, 2.05) is 17.0 Å². The lowest BCUT2D eigenvalue weighted by molar-refractivity contribution is -0.137. The van der Waals surface area contributed by atoms with Crippen LogP contribution in [0.15, 0.2) is 24.7 Å². The molecule has 3 heterocycles. The minimum atomic E-state index is 0.0791. The van der Waals surface area contributed by atoms with Gasteiger partial charge in [0, 0.05) is 56.2 Å². The van der Waals surface area contributed by atoms with E-state index in [0.717, 1.165) is 56.6 Å². The minimum Gasteiger partial charge on any atom is -0.473 e. The Bertz CT molecular complexity index is 694. The third kappa shape index (κ3) is 3.11. The quantitative estimate of drug-likeness (QED) is 0.920. The van der Waals surface area contributed by atoms with Crippen LogP contribution in [0.2, 0.25) is 0 Å². The number of hydrogen-bond acceptors (Lipinski definition) is 5. The Morgan fingerprint density at radius 1 is 1.29 bits per heavy atom. The molecule has 1 fully saturated rings. The molecule has 0 saturated carbocycles. The van der Waals surface area contributed by atoms with Gasteiger partial charge in [-0.1, -0.05) is 0 Å². The van der Waals surface area contributed by atoms with Crippen molar-refractivity contribution in [3.05, 3.63) is 36.0 Å². The molecule has 1 aliphatic carbocycles. The van der Waals surface area contributed by atoms with Crippen molar-refractivity contribution in [1.29, 1.82) is 0 Å². The molecule has 0 bridgehead atoms. The number of imidazole rings is 1. The van der Waals surface area contributed by atoms with E-state index < -0.39 is 0 Å². The molecule has 1 atom stereocenters. The lowest BCUT2D eigenvalue weighted by atomic mass is 9.88. The maximum Gasteiger partial charge on any atom is 0.233 e. The first kappa shape index (κ1) is 15.1. The average molecular weight is 327 g/mol. The van der Waals surface area contributed by atoms with Crippen LogP contribution in [0.4, 0.5) is 0 Å². The number of amides is 1. The number of nitrogens with one attached hydrogen (secondary N) is 1. The van der Waals surface area contributed by atoms with Crippen LogP contribution in [-0.4, -0.2) is 50.2 Å². The van der Waals surface area contributed by atoms with Gasteiger partial charge in [0.15, 0.2) is 0 Å². The van der Waals surface area contributed by atoms with E-state index >= 15 is 0 Å². The van der Waals surface area contributed by atoms with Gasteiger partial charge in [-0.25, -0.2) is 4.98 Å². The fourth-order valence-electron chi connectivity index (χ4n) is 3.58. The van der Waals surface area contributed by atoms with E-state index in [1.54, 1.807) is 12.5 Å². The minimum absolute atomic E-state index is 0.0791. The fourth-order valence-corrected chi connectivity index (χ4v) is 3.58. The molecule has 126 valence electrons. The highest BCUT2D eigenvalue weighted by Gasteiger charge is 2.32. The zero-order chi connectivity index (χ0) is 16.4. The van der Waals surface area contributed by atoms with E-state index in [2.05, 4.69) is 20.2 Å². The summed E-state index contributed by atoms with van der Waals surface area (Å²) in [6.07, 6.45) is 7.71. The predicted octanol–water partition coefficient (Wildman–Crippen LogP) is 1.37. The highest BCUT2D eigenvalue weighted by Crippen LogP contribution is 2.26. The number of hydrogen-bond donors (Lipinski definition) is 1. The summed E-state index contributed by atoms with van der Waals surface area (Å²) in [4.78, 5) is 22.2. The first-order chi connectivity index (χ1) is 11.8. The van der Waals surface area contributed by atoms with Crippen LogP contribution in [0.5, 0.6) is 5.88 Å². The number of likely N-dealkylation sites (tertiary alicyclic amines) is 1. The fraction of sp³-hybridized carbons (Fsp3) is 0.529. The molecule has 2 aromatic heterocycles. The molecule has 7 nitrogen and oxygen atoms in total. The summed E-state index contributed by atoms with van der Waals surface area (Å²) in [5, 5.41) is 7.78. The van der Waals surface area contributed by atoms with Gasteiger partial charge in [0.05, 0.1) is 12.0 Å². The molecular weight excluding hydrogens is 306 g/mol.